The van der Waals surface area contributed by atoms with Gasteiger partial charge in [0.2, 0.25) is 0 Å². The lowest BCUT2D eigenvalue weighted by atomic mass is 10.1. The molecular weight excluding hydrogens is 342 g/mol. The first-order chi connectivity index (χ1) is 11.9. The monoisotopic (exact) mass is 360 g/mol. The highest BCUT2D eigenvalue weighted by molar-refractivity contribution is 7.13. The molecule has 2 heterocycles. The van der Waals surface area contributed by atoms with Crippen LogP contribution in [-0.4, -0.2) is 10.5 Å². The van der Waals surface area contributed by atoms with Gasteiger partial charge in [0.1, 0.15) is 5.00 Å². The van der Waals surface area contributed by atoms with Gasteiger partial charge in [0.15, 0.2) is 11.6 Å². The molecule has 1 amide bonds. The Bertz CT molecular complexity index is 910. The van der Waals surface area contributed by atoms with E-state index in [1.807, 2.05) is 35.9 Å². The summed E-state index contributed by atoms with van der Waals surface area (Å²) in [6.45, 7) is 5.71. The fraction of sp³-hybridized carbons (Fsp3) is 0.211. The van der Waals surface area contributed by atoms with Crippen LogP contribution in [0.4, 0.5) is 8.78 Å². The maximum atomic E-state index is 13.4. The standard InChI is InChI=1S/C19H18F2N2OS/c1-11-4-5-12(2)23(11)19-15(8-9-25-19)18(24)22-13(3)14-6-7-16(20)17(21)10-14/h4-10,13H,1-3H3,(H,22,24). The number of nitrogens with zero attached hydrogens (tertiary/aromatic N) is 1. The van der Waals surface area contributed by atoms with Gasteiger partial charge in [-0.2, -0.15) is 0 Å². The van der Waals surface area contributed by atoms with E-state index in [0.717, 1.165) is 28.5 Å². The van der Waals surface area contributed by atoms with Crippen molar-refractivity contribution < 1.29 is 13.6 Å². The molecule has 1 atom stereocenters. The van der Waals surface area contributed by atoms with Gasteiger partial charge in [-0.1, -0.05) is 6.07 Å². The Morgan fingerprint density at radius 3 is 2.40 bits per heavy atom. The Labute approximate surface area is 148 Å². The van der Waals surface area contributed by atoms with Crippen LogP contribution in [0.25, 0.3) is 5.00 Å². The van der Waals surface area contributed by atoms with Gasteiger partial charge in [0.05, 0.1) is 11.6 Å². The van der Waals surface area contributed by atoms with Crippen LogP contribution in [0.2, 0.25) is 0 Å². The lowest BCUT2D eigenvalue weighted by molar-refractivity contribution is 0.0940. The number of aromatic nitrogens is 1. The summed E-state index contributed by atoms with van der Waals surface area (Å²) in [6, 6.07) is 8.97. The highest BCUT2D eigenvalue weighted by Crippen LogP contribution is 2.26. The van der Waals surface area contributed by atoms with Crippen LogP contribution < -0.4 is 5.32 Å². The molecule has 0 saturated heterocycles. The second-order valence-corrected chi connectivity index (χ2v) is 6.85. The molecule has 6 heteroatoms. The molecule has 1 unspecified atom stereocenters. The first-order valence-electron chi connectivity index (χ1n) is 7.87. The third-order valence-electron chi connectivity index (χ3n) is 4.15. The van der Waals surface area contributed by atoms with E-state index in [4.69, 9.17) is 0 Å². The number of thiophene rings is 1. The van der Waals surface area contributed by atoms with Gasteiger partial charge in [-0.15, -0.1) is 11.3 Å². The Balaban J connectivity index is 1.85. The molecule has 0 radical (unpaired) electrons. The van der Waals surface area contributed by atoms with Crippen LogP contribution in [0, 0.1) is 25.5 Å². The average molecular weight is 360 g/mol. The summed E-state index contributed by atoms with van der Waals surface area (Å²) in [6.07, 6.45) is 0. The van der Waals surface area contributed by atoms with Gasteiger partial charge in [-0.25, -0.2) is 8.78 Å². The van der Waals surface area contributed by atoms with Crippen molar-refractivity contribution in [2.45, 2.75) is 26.8 Å². The van der Waals surface area contributed by atoms with E-state index in [2.05, 4.69) is 5.32 Å². The topological polar surface area (TPSA) is 34.0 Å². The Kier molecular flexibility index (Phi) is 4.72. The van der Waals surface area contributed by atoms with Crippen LogP contribution in [0.15, 0.2) is 41.8 Å². The summed E-state index contributed by atoms with van der Waals surface area (Å²) in [5.41, 5.74) is 3.16. The van der Waals surface area contributed by atoms with Crippen LogP contribution in [0.5, 0.6) is 0 Å². The second kappa shape index (κ2) is 6.80. The Morgan fingerprint density at radius 2 is 1.76 bits per heavy atom. The third-order valence-corrected chi connectivity index (χ3v) is 5.05. The molecule has 3 aromatic rings. The summed E-state index contributed by atoms with van der Waals surface area (Å²) in [7, 11) is 0. The van der Waals surface area contributed by atoms with Gasteiger partial charge >= 0.3 is 0 Å². The molecule has 25 heavy (non-hydrogen) atoms. The van der Waals surface area contributed by atoms with Crippen LogP contribution in [0.3, 0.4) is 0 Å². The maximum Gasteiger partial charge on any atom is 0.254 e. The van der Waals surface area contributed by atoms with Crippen molar-refractivity contribution in [2.24, 2.45) is 0 Å². The molecule has 3 nitrogen and oxygen atoms in total. The van der Waals surface area contributed by atoms with Crippen LogP contribution >= 0.6 is 11.3 Å². The van der Waals surface area contributed by atoms with Crippen molar-refractivity contribution in [1.29, 1.82) is 0 Å². The zero-order valence-corrected chi connectivity index (χ0v) is 15.0. The van der Waals surface area contributed by atoms with E-state index in [-0.39, 0.29) is 5.91 Å². The predicted molar refractivity (Wildman–Crippen MR) is 95.4 cm³/mol. The smallest absolute Gasteiger partial charge is 0.254 e. The number of carbonyl (C=O) groups is 1. The van der Waals surface area contributed by atoms with E-state index in [1.54, 1.807) is 13.0 Å². The lowest BCUT2D eigenvalue weighted by Crippen LogP contribution is -2.27. The van der Waals surface area contributed by atoms with Gasteiger partial charge in [0.25, 0.3) is 5.91 Å². The summed E-state index contributed by atoms with van der Waals surface area (Å²) in [5, 5.41) is 5.56. The van der Waals surface area contributed by atoms with Gasteiger partial charge in [-0.3, -0.25) is 4.79 Å². The van der Waals surface area contributed by atoms with Crippen molar-refractivity contribution >= 4 is 17.2 Å². The molecule has 2 aromatic heterocycles. The zero-order chi connectivity index (χ0) is 18.1. The summed E-state index contributed by atoms with van der Waals surface area (Å²) in [4.78, 5) is 12.7. The number of rotatable bonds is 4. The average Bonchev–Trinajstić information content (AvgIpc) is 3.16. The molecule has 1 N–H and O–H groups in total. The van der Waals surface area contributed by atoms with Crippen molar-refractivity contribution in [2.75, 3.05) is 0 Å². The Hall–Kier alpha value is -2.47. The molecule has 0 saturated carbocycles. The summed E-state index contributed by atoms with van der Waals surface area (Å²) >= 11 is 1.48. The SMILES string of the molecule is Cc1ccc(C)n1-c1sccc1C(=O)NC(C)c1ccc(F)c(F)c1. The molecule has 0 bridgehead atoms. The minimum Gasteiger partial charge on any atom is -0.345 e. The van der Waals surface area contributed by atoms with Crippen LogP contribution in [-0.2, 0) is 0 Å². The first-order valence-corrected chi connectivity index (χ1v) is 8.75. The third kappa shape index (κ3) is 3.35. The molecular formula is C19H18F2N2OS. The highest BCUT2D eigenvalue weighted by atomic mass is 32.1. The summed E-state index contributed by atoms with van der Waals surface area (Å²) < 4.78 is 28.5. The number of hydrogen-bond acceptors (Lipinski definition) is 2. The number of aryl methyl sites for hydroxylation is 2. The number of nitrogens with one attached hydrogen (secondary N) is 1. The molecule has 0 aliphatic carbocycles. The maximum absolute atomic E-state index is 13.4. The number of hydrogen-bond donors (Lipinski definition) is 1. The quantitative estimate of drug-likeness (QED) is 0.704. The normalized spacial score (nSPS) is 12.2. The zero-order valence-electron chi connectivity index (χ0n) is 14.1. The Morgan fingerprint density at radius 1 is 1.08 bits per heavy atom. The molecule has 1 aromatic carbocycles. The predicted octanol–water partition coefficient (Wildman–Crippen LogP) is 4.92. The number of carbonyl (C=O) groups excluding carboxylic acids is 1. The molecule has 0 aliphatic heterocycles. The molecule has 3 rings (SSSR count). The van der Waals surface area contributed by atoms with E-state index in [0.29, 0.717) is 11.1 Å². The fourth-order valence-corrected chi connectivity index (χ4v) is 3.79. The molecule has 0 spiro atoms. The van der Waals surface area contributed by atoms with E-state index in [1.165, 1.54) is 17.4 Å². The first kappa shape index (κ1) is 17.4. The van der Waals surface area contributed by atoms with E-state index < -0.39 is 17.7 Å². The van der Waals surface area contributed by atoms with Crippen molar-refractivity contribution in [1.82, 2.24) is 9.88 Å². The fourth-order valence-electron chi connectivity index (χ4n) is 2.78. The largest absolute Gasteiger partial charge is 0.345 e. The molecule has 0 fully saturated rings. The number of halogens is 2. The van der Waals surface area contributed by atoms with Crippen molar-refractivity contribution in [3.05, 3.63) is 75.9 Å². The van der Waals surface area contributed by atoms with Crippen LogP contribution in [0.1, 0.15) is 40.3 Å². The number of benzene rings is 1. The molecule has 130 valence electrons. The van der Waals surface area contributed by atoms with Gasteiger partial charge in [-0.05, 0) is 62.0 Å². The molecule has 0 aliphatic rings. The van der Waals surface area contributed by atoms with E-state index in [9.17, 15) is 13.6 Å². The number of amides is 1. The second-order valence-electron chi connectivity index (χ2n) is 5.96. The van der Waals surface area contributed by atoms with E-state index >= 15 is 0 Å². The van der Waals surface area contributed by atoms with Crippen molar-refractivity contribution in [3.63, 3.8) is 0 Å². The summed E-state index contributed by atoms with van der Waals surface area (Å²) in [5.74, 6) is -2.07. The van der Waals surface area contributed by atoms with Gasteiger partial charge in [0, 0.05) is 11.4 Å². The minimum atomic E-state index is -0.923. The van der Waals surface area contributed by atoms with Crippen molar-refractivity contribution in [3.8, 4) is 5.00 Å². The highest BCUT2D eigenvalue weighted by Gasteiger charge is 2.19. The van der Waals surface area contributed by atoms with Gasteiger partial charge < -0.3 is 9.88 Å². The lowest BCUT2D eigenvalue weighted by Gasteiger charge is -2.16. The minimum absolute atomic E-state index is 0.249.